The Morgan fingerprint density at radius 2 is 1.94 bits per heavy atom. The molecule has 0 aliphatic heterocycles. The topological polar surface area (TPSA) is 43.4 Å². The van der Waals surface area contributed by atoms with Gasteiger partial charge in [-0.2, -0.15) is 21.6 Å². The van der Waals surface area contributed by atoms with Gasteiger partial charge in [-0.25, -0.2) is 0 Å². The van der Waals surface area contributed by atoms with Crippen molar-refractivity contribution in [2.24, 2.45) is 11.3 Å². The van der Waals surface area contributed by atoms with Gasteiger partial charge in [-0.05, 0) is 23.8 Å². The quantitative estimate of drug-likeness (QED) is 0.572. The highest BCUT2D eigenvalue weighted by Crippen LogP contribution is 2.39. The summed E-state index contributed by atoms with van der Waals surface area (Å²) in [5, 5.41) is 0. The molecule has 1 atom stereocenters. The Kier molecular flexibility index (Phi) is 3.53. The Hall–Kier alpha value is -0.720. The van der Waals surface area contributed by atoms with Crippen LogP contribution in [0.1, 0.15) is 33.6 Å². The fourth-order valence-corrected chi connectivity index (χ4v) is 2.61. The summed E-state index contributed by atoms with van der Waals surface area (Å²) in [7, 11) is -5.54. The van der Waals surface area contributed by atoms with Crippen molar-refractivity contribution in [1.82, 2.24) is 0 Å². The van der Waals surface area contributed by atoms with Crippen LogP contribution in [0, 0.1) is 11.3 Å². The summed E-state index contributed by atoms with van der Waals surface area (Å²) >= 11 is 0. The van der Waals surface area contributed by atoms with Gasteiger partial charge >= 0.3 is 15.6 Å². The fraction of sp³-hybridized carbons (Fsp3) is 0.800. The van der Waals surface area contributed by atoms with Gasteiger partial charge in [-0.1, -0.05) is 20.8 Å². The smallest absolute Gasteiger partial charge is 0.381 e. The molecule has 0 N–H and O–H groups in total. The highest BCUT2D eigenvalue weighted by molar-refractivity contribution is 7.87. The lowest BCUT2D eigenvalue weighted by molar-refractivity contribution is -0.0526. The SMILES string of the molecule is CC1CC(OS(=O)(=O)C(F)(F)F)=CC(C)(C)C1. The minimum absolute atomic E-state index is 0.0911. The predicted molar refractivity (Wildman–Crippen MR) is 56.3 cm³/mol. The molecule has 0 radical (unpaired) electrons. The predicted octanol–water partition coefficient (Wildman–Crippen LogP) is 3.19. The van der Waals surface area contributed by atoms with Gasteiger partial charge in [0.15, 0.2) is 0 Å². The van der Waals surface area contributed by atoms with Gasteiger partial charge in [0.25, 0.3) is 0 Å². The number of hydrogen-bond acceptors (Lipinski definition) is 3. The molecular formula is C10H15F3O3S. The molecule has 1 aliphatic rings. The first-order chi connectivity index (χ1) is 7.43. The van der Waals surface area contributed by atoms with E-state index in [2.05, 4.69) is 4.18 Å². The molecule has 0 amide bonds. The lowest BCUT2D eigenvalue weighted by atomic mass is 9.77. The van der Waals surface area contributed by atoms with Crippen LogP contribution in [0.15, 0.2) is 11.8 Å². The Morgan fingerprint density at radius 3 is 2.35 bits per heavy atom. The fourth-order valence-electron chi connectivity index (χ4n) is 2.11. The van der Waals surface area contributed by atoms with E-state index in [4.69, 9.17) is 0 Å². The molecule has 1 unspecified atom stereocenters. The van der Waals surface area contributed by atoms with Crippen LogP contribution in [0.25, 0.3) is 0 Å². The van der Waals surface area contributed by atoms with E-state index in [0.717, 1.165) is 6.42 Å². The highest BCUT2D eigenvalue weighted by atomic mass is 32.2. The van der Waals surface area contributed by atoms with E-state index in [9.17, 15) is 21.6 Å². The zero-order chi connectivity index (χ0) is 13.5. The van der Waals surface area contributed by atoms with E-state index in [0.29, 0.717) is 0 Å². The van der Waals surface area contributed by atoms with Crippen LogP contribution in [0.3, 0.4) is 0 Å². The number of rotatable bonds is 2. The third-order valence-corrected chi connectivity index (χ3v) is 3.48. The second-order valence-corrected chi connectivity index (χ2v) is 6.63. The van der Waals surface area contributed by atoms with Crippen molar-refractivity contribution < 1.29 is 25.8 Å². The zero-order valence-electron chi connectivity index (χ0n) is 9.84. The van der Waals surface area contributed by atoms with E-state index in [1.165, 1.54) is 6.08 Å². The largest absolute Gasteiger partial charge is 0.534 e. The molecule has 0 bridgehead atoms. The van der Waals surface area contributed by atoms with E-state index in [1.807, 2.05) is 20.8 Å². The van der Waals surface area contributed by atoms with Crippen molar-refractivity contribution in [1.29, 1.82) is 0 Å². The number of hydrogen-bond donors (Lipinski definition) is 0. The standard InChI is InChI=1S/C10H15F3O3S/c1-7-4-8(6-9(2,3)5-7)16-17(14,15)10(11,12)13/h6-7H,4-5H2,1-3H3. The van der Waals surface area contributed by atoms with Crippen LogP contribution in [-0.4, -0.2) is 13.9 Å². The van der Waals surface area contributed by atoms with E-state index >= 15 is 0 Å². The summed E-state index contributed by atoms with van der Waals surface area (Å²) in [5.41, 5.74) is -5.73. The Morgan fingerprint density at radius 1 is 1.41 bits per heavy atom. The molecule has 0 aromatic heterocycles. The highest BCUT2D eigenvalue weighted by Gasteiger charge is 2.49. The third-order valence-electron chi connectivity index (χ3n) is 2.48. The van der Waals surface area contributed by atoms with Crippen molar-refractivity contribution >= 4 is 10.1 Å². The summed E-state index contributed by atoms with van der Waals surface area (Å²) in [6, 6.07) is 0. The average Bonchev–Trinajstić information content (AvgIpc) is 1.94. The van der Waals surface area contributed by atoms with Crippen LogP contribution in [0.5, 0.6) is 0 Å². The first-order valence-corrected chi connectivity index (χ1v) is 6.56. The lowest BCUT2D eigenvalue weighted by Gasteiger charge is -2.31. The molecule has 0 aromatic carbocycles. The summed E-state index contributed by atoms with van der Waals surface area (Å²) in [6.45, 7) is 5.50. The molecule has 0 saturated heterocycles. The van der Waals surface area contributed by atoms with Crippen LogP contribution in [-0.2, 0) is 14.3 Å². The van der Waals surface area contributed by atoms with Gasteiger partial charge in [0, 0.05) is 6.42 Å². The minimum Gasteiger partial charge on any atom is -0.381 e. The molecule has 0 fully saturated rings. The maximum Gasteiger partial charge on any atom is 0.534 e. The number of halogens is 3. The van der Waals surface area contributed by atoms with Crippen molar-refractivity contribution in [3.63, 3.8) is 0 Å². The van der Waals surface area contributed by atoms with Gasteiger partial charge in [-0.15, -0.1) is 0 Å². The van der Waals surface area contributed by atoms with Crippen LogP contribution >= 0.6 is 0 Å². The molecule has 0 heterocycles. The van der Waals surface area contributed by atoms with Gasteiger partial charge in [0.2, 0.25) is 0 Å². The van der Waals surface area contributed by atoms with Crippen molar-refractivity contribution in [3.8, 4) is 0 Å². The van der Waals surface area contributed by atoms with Gasteiger partial charge in [-0.3, -0.25) is 0 Å². The van der Waals surface area contributed by atoms with E-state index < -0.39 is 15.6 Å². The van der Waals surface area contributed by atoms with Crippen LogP contribution in [0.4, 0.5) is 13.2 Å². The lowest BCUT2D eigenvalue weighted by Crippen LogP contribution is -2.28. The monoisotopic (exact) mass is 272 g/mol. The molecule has 1 aliphatic carbocycles. The Bertz CT molecular complexity index is 421. The van der Waals surface area contributed by atoms with Crippen LogP contribution < -0.4 is 0 Å². The minimum atomic E-state index is -5.54. The Balaban J connectivity index is 2.94. The molecule has 1 rings (SSSR count). The summed E-state index contributed by atoms with van der Waals surface area (Å²) in [6.07, 6.45) is 2.45. The maximum atomic E-state index is 12.1. The molecule has 7 heteroatoms. The third kappa shape index (κ3) is 3.62. The van der Waals surface area contributed by atoms with Gasteiger partial charge in [0.05, 0.1) is 0 Å². The first kappa shape index (κ1) is 14.3. The molecule has 0 spiro atoms. The molecule has 3 nitrogen and oxygen atoms in total. The molecule has 17 heavy (non-hydrogen) atoms. The maximum absolute atomic E-state index is 12.1. The zero-order valence-corrected chi connectivity index (χ0v) is 10.7. The second kappa shape index (κ2) is 4.19. The van der Waals surface area contributed by atoms with Crippen molar-refractivity contribution in [3.05, 3.63) is 11.8 Å². The molecule has 100 valence electrons. The molecular weight excluding hydrogens is 257 g/mol. The van der Waals surface area contributed by atoms with E-state index in [-0.39, 0.29) is 23.5 Å². The Labute approximate surface area is 98.8 Å². The average molecular weight is 272 g/mol. The first-order valence-electron chi connectivity index (χ1n) is 5.15. The van der Waals surface area contributed by atoms with E-state index in [1.54, 1.807) is 0 Å². The van der Waals surface area contributed by atoms with Gasteiger partial charge < -0.3 is 4.18 Å². The number of allylic oxidation sites excluding steroid dienone is 2. The molecule has 0 aromatic rings. The second-order valence-electron chi connectivity index (χ2n) is 5.10. The molecule has 0 saturated carbocycles. The van der Waals surface area contributed by atoms with Crippen molar-refractivity contribution in [2.75, 3.05) is 0 Å². The normalized spacial score (nSPS) is 25.3. The number of alkyl halides is 3. The van der Waals surface area contributed by atoms with Crippen LogP contribution in [0.2, 0.25) is 0 Å². The summed E-state index contributed by atoms with van der Waals surface area (Å²) in [4.78, 5) is 0. The van der Waals surface area contributed by atoms with Crippen molar-refractivity contribution in [2.45, 2.75) is 39.1 Å². The summed E-state index contributed by atoms with van der Waals surface area (Å²) < 4.78 is 62.3. The summed E-state index contributed by atoms with van der Waals surface area (Å²) in [5.74, 6) is -0.0282. The van der Waals surface area contributed by atoms with Gasteiger partial charge in [0.1, 0.15) is 5.76 Å².